The average molecular weight is 168 g/mol. The molecule has 0 aromatic heterocycles. The molecule has 0 aromatic carbocycles. The topological polar surface area (TPSA) is 49.3 Å². The molecule has 52 valence electrons. The number of thioether (sulfide) groups is 1. The van der Waals surface area contributed by atoms with Crippen molar-refractivity contribution >= 4 is 30.1 Å². The van der Waals surface area contributed by atoms with Crippen molar-refractivity contribution in [2.24, 2.45) is 0 Å². The lowest BCUT2D eigenvalue weighted by Gasteiger charge is -1.91. The molecule has 9 heavy (non-hydrogen) atoms. The number of carbonyl (C=O) groups is 1. The lowest BCUT2D eigenvalue weighted by Crippen LogP contribution is -2.14. The lowest BCUT2D eigenvalue weighted by molar-refractivity contribution is -0.132. The summed E-state index contributed by atoms with van der Waals surface area (Å²) < 4.78 is 0. The van der Waals surface area contributed by atoms with E-state index in [2.05, 4.69) is 5.32 Å². The Labute approximate surface area is 62.9 Å². The molecule has 0 aromatic rings. The van der Waals surface area contributed by atoms with Crippen molar-refractivity contribution in [2.45, 2.75) is 0 Å². The van der Waals surface area contributed by atoms with Crippen LogP contribution in [-0.2, 0) is 4.79 Å². The van der Waals surface area contributed by atoms with E-state index < -0.39 is 5.97 Å². The van der Waals surface area contributed by atoms with Gasteiger partial charge in [-0.25, -0.2) is 4.79 Å². The van der Waals surface area contributed by atoms with Gasteiger partial charge < -0.3 is 10.4 Å². The molecule has 0 bridgehead atoms. The molecule has 2 N–H and O–H groups in total. The highest BCUT2D eigenvalue weighted by molar-refractivity contribution is 8.02. The molecule has 1 aliphatic rings. The largest absolute Gasteiger partial charge is 0.477 e. The summed E-state index contributed by atoms with van der Waals surface area (Å²) in [6.45, 7) is 0. The summed E-state index contributed by atoms with van der Waals surface area (Å²) >= 11 is 1.46. The Morgan fingerprint density at radius 1 is 1.89 bits per heavy atom. The van der Waals surface area contributed by atoms with Gasteiger partial charge >= 0.3 is 5.97 Å². The quantitative estimate of drug-likeness (QED) is 0.602. The van der Waals surface area contributed by atoms with Crippen LogP contribution in [0.2, 0.25) is 0 Å². The van der Waals surface area contributed by atoms with Gasteiger partial charge in [-0.2, -0.15) is 0 Å². The molecule has 1 heterocycles. The van der Waals surface area contributed by atoms with Gasteiger partial charge in [0.05, 0.1) is 5.88 Å². The molecule has 0 aliphatic carbocycles. The molecule has 0 spiro atoms. The Balaban J connectivity index is 0.000000640. The zero-order valence-corrected chi connectivity index (χ0v) is 6.09. The van der Waals surface area contributed by atoms with Crippen molar-refractivity contribution in [3.8, 4) is 0 Å². The SMILES string of the molecule is Cl.O=C(O)C1=CSCN1. The maximum absolute atomic E-state index is 10.1. The van der Waals surface area contributed by atoms with Gasteiger partial charge in [0.2, 0.25) is 0 Å². The number of hydrogen-bond donors (Lipinski definition) is 2. The molecule has 1 aliphatic heterocycles. The first kappa shape index (κ1) is 8.65. The molecule has 0 saturated carbocycles. The zero-order valence-electron chi connectivity index (χ0n) is 4.46. The van der Waals surface area contributed by atoms with Gasteiger partial charge in [-0.15, -0.1) is 24.2 Å². The average Bonchev–Trinajstić information content (AvgIpc) is 2.12. The second-order valence-corrected chi connectivity index (χ2v) is 2.18. The van der Waals surface area contributed by atoms with Crippen molar-refractivity contribution in [1.82, 2.24) is 5.32 Å². The predicted octanol–water partition coefficient (Wildman–Crippen LogP) is 0.628. The standard InChI is InChI=1S/C4H5NO2S.ClH/c6-4(7)3-1-8-2-5-3;/h1,5H,2H2,(H,6,7);1H. The van der Waals surface area contributed by atoms with E-state index in [1.807, 2.05) is 0 Å². The number of aliphatic carboxylic acids is 1. The molecular weight excluding hydrogens is 162 g/mol. The number of rotatable bonds is 1. The van der Waals surface area contributed by atoms with E-state index in [0.717, 1.165) is 0 Å². The minimum absolute atomic E-state index is 0. The summed E-state index contributed by atoms with van der Waals surface area (Å²) in [5.41, 5.74) is 0.301. The summed E-state index contributed by atoms with van der Waals surface area (Å²) in [6.07, 6.45) is 0. The molecule has 0 amide bonds. The fraction of sp³-hybridized carbons (Fsp3) is 0.250. The Hall–Kier alpha value is -0.350. The van der Waals surface area contributed by atoms with Crippen LogP contribution in [0.15, 0.2) is 11.1 Å². The van der Waals surface area contributed by atoms with E-state index in [1.54, 1.807) is 5.41 Å². The van der Waals surface area contributed by atoms with Crippen LogP contribution >= 0.6 is 24.2 Å². The fourth-order valence-electron chi connectivity index (χ4n) is 0.412. The number of halogens is 1. The number of carboxylic acid groups (broad SMARTS) is 1. The van der Waals surface area contributed by atoms with Crippen LogP contribution in [0, 0.1) is 0 Å². The van der Waals surface area contributed by atoms with Crippen LogP contribution in [0.4, 0.5) is 0 Å². The molecule has 1 rings (SSSR count). The van der Waals surface area contributed by atoms with E-state index in [0.29, 0.717) is 11.6 Å². The predicted molar refractivity (Wildman–Crippen MR) is 38.6 cm³/mol. The highest BCUT2D eigenvalue weighted by atomic mass is 35.5. The third-order valence-electron chi connectivity index (χ3n) is 0.778. The summed E-state index contributed by atoms with van der Waals surface area (Å²) in [4.78, 5) is 10.1. The first-order valence-electron chi connectivity index (χ1n) is 2.09. The summed E-state index contributed by atoms with van der Waals surface area (Å²) in [5, 5.41) is 12.5. The lowest BCUT2D eigenvalue weighted by atomic mass is 10.5. The highest BCUT2D eigenvalue weighted by Gasteiger charge is 2.09. The van der Waals surface area contributed by atoms with E-state index in [9.17, 15) is 4.79 Å². The third-order valence-corrected chi connectivity index (χ3v) is 1.49. The van der Waals surface area contributed by atoms with Gasteiger partial charge in [0.15, 0.2) is 0 Å². The van der Waals surface area contributed by atoms with Crippen LogP contribution in [0.25, 0.3) is 0 Å². The Kier molecular flexibility index (Phi) is 3.49. The molecule has 3 nitrogen and oxygen atoms in total. The van der Waals surface area contributed by atoms with Gasteiger partial charge in [-0.3, -0.25) is 0 Å². The zero-order chi connectivity index (χ0) is 5.98. The number of nitrogens with one attached hydrogen (secondary N) is 1. The first-order chi connectivity index (χ1) is 3.80. The van der Waals surface area contributed by atoms with Crippen LogP contribution < -0.4 is 5.32 Å². The van der Waals surface area contributed by atoms with Gasteiger partial charge in [0.1, 0.15) is 5.70 Å². The molecule has 0 atom stereocenters. The summed E-state index contributed by atoms with van der Waals surface area (Å²) in [6, 6.07) is 0. The van der Waals surface area contributed by atoms with Crippen molar-refractivity contribution in [3.05, 3.63) is 11.1 Å². The smallest absolute Gasteiger partial charge is 0.352 e. The molecule has 0 unspecified atom stereocenters. The fourth-order valence-corrected chi connectivity index (χ4v) is 1.09. The second-order valence-electron chi connectivity index (χ2n) is 1.32. The monoisotopic (exact) mass is 167 g/mol. The second kappa shape index (κ2) is 3.63. The Morgan fingerprint density at radius 3 is 2.78 bits per heavy atom. The Bertz CT molecular complexity index is 148. The highest BCUT2D eigenvalue weighted by Crippen LogP contribution is 2.11. The third kappa shape index (κ3) is 2.15. The van der Waals surface area contributed by atoms with Gasteiger partial charge in [0.25, 0.3) is 0 Å². The van der Waals surface area contributed by atoms with Crippen molar-refractivity contribution in [3.63, 3.8) is 0 Å². The molecular formula is C4H6ClNO2S. The number of carboxylic acids is 1. The summed E-state index contributed by atoms with van der Waals surface area (Å²) in [7, 11) is 0. The van der Waals surface area contributed by atoms with E-state index >= 15 is 0 Å². The first-order valence-corrected chi connectivity index (χ1v) is 3.14. The van der Waals surface area contributed by atoms with Crippen molar-refractivity contribution in [1.29, 1.82) is 0 Å². The normalized spacial score (nSPS) is 15.3. The molecule has 0 radical (unpaired) electrons. The molecule has 5 heteroatoms. The maximum Gasteiger partial charge on any atom is 0.352 e. The van der Waals surface area contributed by atoms with Crippen molar-refractivity contribution in [2.75, 3.05) is 5.88 Å². The minimum atomic E-state index is -0.880. The minimum Gasteiger partial charge on any atom is -0.477 e. The van der Waals surface area contributed by atoms with Crippen molar-refractivity contribution < 1.29 is 9.90 Å². The Morgan fingerprint density at radius 2 is 2.56 bits per heavy atom. The van der Waals surface area contributed by atoms with Crippen LogP contribution in [-0.4, -0.2) is 17.0 Å². The van der Waals surface area contributed by atoms with E-state index in [1.165, 1.54) is 11.8 Å². The van der Waals surface area contributed by atoms with Crippen LogP contribution in [0.5, 0.6) is 0 Å². The summed E-state index contributed by atoms with van der Waals surface area (Å²) in [5.74, 6) is -0.197. The van der Waals surface area contributed by atoms with E-state index in [4.69, 9.17) is 5.11 Å². The molecule has 0 fully saturated rings. The van der Waals surface area contributed by atoms with Crippen LogP contribution in [0.3, 0.4) is 0 Å². The van der Waals surface area contributed by atoms with Gasteiger partial charge in [0, 0.05) is 5.41 Å². The maximum atomic E-state index is 10.1. The van der Waals surface area contributed by atoms with Gasteiger partial charge in [-0.05, 0) is 0 Å². The molecule has 0 saturated heterocycles. The van der Waals surface area contributed by atoms with Crippen LogP contribution in [0.1, 0.15) is 0 Å². The van der Waals surface area contributed by atoms with E-state index in [-0.39, 0.29) is 12.4 Å². The number of hydrogen-bond acceptors (Lipinski definition) is 3. The van der Waals surface area contributed by atoms with Gasteiger partial charge in [-0.1, -0.05) is 0 Å².